The zero-order chi connectivity index (χ0) is 22.3. The number of ether oxygens (including phenoxy) is 1. The summed E-state index contributed by atoms with van der Waals surface area (Å²) in [4.78, 5) is 17.3. The van der Waals surface area contributed by atoms with E-state index in [0.717, 1.165) is 48.5 Å². The van der Waals surface area contributed by atoms with Crippen LogP contribution in [0.4, 0.5) is 10.8 Å². The van der Waals surface area contributed by atoms with Crippen molar-refractivity contribution in [3.8, 4) is 5.75 Å². The van der Waals surface area contributed by atoms with Gasteiger partial charge in [0.25, 0.3) is 0 Å². The third-order valence-electron chi connectivity index (χ3n) is 5.31. The molecule has 0 aliphatic carbocycles. The van der Waals surface area contributed by atoms with Gasteiger partial charge in [0.05, 0.1) is 18.0 Å². The highest BCUT2D eigenvalue weighted by Gasteiger charge is 2.26. The molecule has 0 bridgehead atoms. The number of carbonyl (C=O) groups is 1. The van der Waals surface area contributed by atoms with Gasteiger partial charge in [-0.25, -0.2) is 0 Å². The van der Waals surface area contributed by atoms with Crippen molar-refractivity contribution in [2.45, 2.75) is 23.1 Å². The van der Waals surface area contributed by atoms with Crippen LogP contribution in [0.3, 0.4) is 0 Å². The Balaban J connectivity index is 1.27. The molecule has 1 atom stereocenters. The second-order valence-corrected chi connectivity index (χ2v) is 10.1. The number of thioether (sulfide) groups is 1. The molecule has 1 amide bonds. The maximum atomic E-state index is 13.0. The standard InChI is InChI=1S/C23H27N5O2S2/c1-17(21(29)28-14-12-27(13-15-28)16-18-8-4-3-5-9-18)31-23-26-25-22(32-23)24-19-10-6-7-11-20(19)30-2/h3-11,17H,12-16H2,1-2H3,(H,24,25). The normalized spacial score (nSPS) is 15.4. The second-order valence-electron chi connectivity index (χ2n) is 7.55. The molecule has 7 nitrogen and oxygen atoms in total. The summed E-state index contributed by atoms with van der Waals surface area (Å²) in [6.07, 6.45) is 0. The Labute approximate surface area is 196 Å². The van der Waals surface area contributed by atoms with Crippen molar-refractivity contribution in [3.63, 3.8) is 0 Å². The van der Waals surface area contributed by atoms with Crippen molar-refractivity contribution in [1.82, 2.24) is 20.0 Å². The van der Waals surface area contributed by atoms with Gasteiger partial charge in [0.1, 0.15) is 5.75 Å². The summed E-state index contributed by atoms with van der Waals surface area (Å²) in [5.41, 5.74) is 2.14. The maximum Gasteiger partial charge on any atom is 0.235 e. The Morgan fingerprint density at radius 2 is 1.81 bits per heavy atom. The first-order chi connectivity index (χ1) is 15.6. The summed E-state index contributed by atoms with van der Waals surface area (Å²) in [6.45, 7) is 6.17. The first-order valence-corrected chi connectivity index (χ1v) is 12.3. The molecule has 2 aromatic carbocycles. The zero-order valence-corrected chi connectivity index (χ0v) is 19.9. The summed E-state index contributed by atoms with van der Waals surface area (Å²) >= 11 is 2.89. The fraction of sp³-hybridized carbons (Fsp3) is 0.348. The van der Waals surface area contributed by atoms with Gasteiger partial charge >= 0.3 is 0 Å². The summed E-state index contributed by atoms with van der Waals surface area (Å²) in [5, 5.41) is 12.2. The van der Waals surface area contributed by atoms with Crippen molar-refractivity contribution in [3.05, 3.63) is 60.2 Å². The Bertz CT molecular complexity index is 1020. The number of rotatable bonds is 8. The largest absolute Gasteiger partial charge is 0.495 e. The maximum absolute atomic E-state index is 13.0. The number of amides is 1. The lowest BCUT2D eigenvalue weighted by molar-refractivity contribution is -0.132. The highest BCUT2D eigenvalue weighted by Crippen LogP contribution is 2.33. The van der Waals surface area contributed by atoms with Crippen LogP contribution in [0.2, 0.25) is 0 Å². The SMILES string of the molecule is COc1ccccc1Nc1nnc(SC(C)C(=O)N2CCN(Cc3ccccc3)CC2)s1. The molecule has 3 aromatic rings. The molecule has 0 radical (unpaired) electrons. The lowest BCUT2D eigenvalue weighted by atomic mass is 10.2. The summed E-state index contributed by atoms with van der Waals surface area (Å²) in [7, 11) is 1.64. The van der Waals surface area contributed by atoms with E-state index in [0.29, 0.717) is 5.13 Å². The summed E-state index contributed by atoms with van der Waals surface area (Å²) in [5.74, 6) is 0.899. The molecular weight excluding hydrogens is 442 g/mol. The molecule has 1 aliphatic heterocycles. The predicted octanol–water partition coefficient (Wildman–Crippen LogP) is 4.12. The molecule has 1 aromatic heterocycles. The topological polar surface area (TPSA) is 70.6 Å². The number of aromatic nitrogens is 2. The van der Waals surface area contributed by atoms with Crippen LogP contribution >= 0.6 is 23.1 Å². The molecule has 1 fully saturated rings. The quantitative estimate of drug-likeness (QED) is 0.498. The third-order valence-corrected chi connectivity index (χ3v) is 7.32. The van der Waals surface area contributed by atoms with Crippen LogP contribution in [0.15, 0.2) is 58.9 Å². The van der Waals surface area contributed by atoms with Gasteiger partial charge in [0.15, 0.2) is 4.34 Å². The number of hydrogen-bond acceptors (Lipinski definition) is 8. The minimum Gasteiger partial charge on any atom is -0.495 e. The van der Waals surface area contributed by atoms with E-state index in [9.17, 15) is 4.79 Å². The Kier molecular flexibility index (Phi) is 7.62. The van der Waals surface area contributed by atoms with Gasteiger partial charge in [-0.1, -0.05) is 65.6 Å². The van der Waals surface area contributed by atoms with Crippen LogP contribution in [0.25, 0.3) is 0 Å². The van der Waals surface area contributed by atoms with Crippen molar-refractivity contribution in [2.24, 2.45) is 0 Å². The fourth-order valence-corrected chi connectivity index (χ4v) is 5.59. The monoisotopic (exact) mass is 469 g/mol. The molecule has 168 valence electrons. The Hall–Kier alpha value is -2.62. The van der Waals surface area contributed by atoms with Crippen LogP contribution < -0.4 is 10.1 Å². The Morgan fingerprint density at radius 1 is 1.09 bits per heavy atom. The van der Waals surface area contributed by atoms with E-state index in [-0.39, 0.29) is 11.2 Å². The molecule has 1 saturated heterocycles. The van der Waals surface area contributed by atoms with E-state index in [1.807, 2.05) is 42.2 Å². The number of carbonyl (C=O) groups excluding carboxylic acids is 1. The number of para-hydroxylation sites is 2. The van der Waals surface area contributed by atoms with Gasteiger partial charge in [-0.3, -0.25) is 9.69 Å². The number of anilines is 2. The van der Waals surface area contributed by atoms with Gasteiger partial charge in [-0.05, 0) is 24.6 Å². The molecule has 32 heavy (non-hydrogen) atoms. The minimum atomic E-state index is -0.206. The molecule has 4 rings (SSSR count). The lowest BCUT2D eigenvalue weighted by Gasteiger charge is -2.35. The van der Waals surface area contributed by atoms with Crippen LogP contribution in [0.1, 0.15) is 12.5 Å². The average molecular weight is 470 g/mol. The van der Waals surface area contributed by atoms with E-state index in [2.05, 4.69) is 44.7 Å². The molecule has 1 N–H and O–H groups in total. The second kappa shape index (κ2) is 10.8. The molecular formula is C23H27N5O2S2. The average Bonchev–Trinajstić information content (AvgIpc) is 3.26. The first-order valence-electron chi connectivity index (χ1n) is 10.6. The van der Waals surface area contributed by atoms with Crippen LogP contribution in [0.5, 0.6) is 5.75 Å². The summed E-state index contributed by atoms with van der Waals surface area (Å²) < 4.78 is 6.13. The van der Waals surface area contributed by atoms with E-state index in [1.54, 1.807) is 7.11 Å². The summed E-state index contributed by atoms with van der Waals surface area (Å²) in [6, 6.07) is 18.1. The highest BCUT2D eigenvalue weighted by atomic mass is 32.2. The van der Waals surface area contributed by atoms with Crippen molar-refractivity contribution in [2.75, 3.05) is 38.6 Å². The van der Waals surface area contributed by atoms with Gasteiger partial charge in [-0.15, -0.1) is 10.2 Å². The number of benzene rings is 2. The fourth-order valence-electron chi connectivity index (χ4n) is 3.60. The molecule has 1 aliphatic rings. The minimum absolute atomic E-state index is 0.156. The van der Waals surface area contributed by atoms with Crippen LogP contribution in [0, 0.1) is 0 Å². The highest BCUT2D eigenvalue weighted by molar-refractivity contribution is 8.02. The molecule has 9 heteroatoms. The van der Waals surface area contributed by atoms with E-state index in [1.165, 1.54) is 28.7 Å². The van der Waals surface area contributed by atoms with E-state index >= 15 is 0 Å². The molecule has 1 unspecified atom stereocenters. The van der Waals surface area contributed by atoms with Gasteiger partial charge in [0.2, 0.25) is 11.0 Å². The van der Waals surface area contributed by atoms with E-state index in [4.69, 9.17) is 4.74 Å². The van der Waals surface area contributed by atoms with Crippen LogP contribution in [-0.4, -0.2) is 64.4 Å². The number of nitrogens with one attached hydrogen (secondary N) is 1. The number of hydrogen-bond donors (Lipinski definition) is 1. The van der Waals surface area contributed by atoms with Gasteiger partial charge < -0.3 is 15.0 Å². The molecule has 0 spiro atoms. The third kappa shape index (κ3) is 5.79. The van der Waals surface area contributed by atoms with Crippen LogP contribution in [-0.2, 0) is 11.3 Å². The van der Waals surface area contributed by atoms with Gasteiger partial charge in [-0.2, -0.15) is 0 Å². The Morgan fingerprint density at radius 3 is 2.56 bits per heavy atom. The van der Waals surface area contributed by atoms with Crippen molar-refractivity contribution in [1.29, 1.82) is 0 Å². The number of nitrogens with zero attached hydrogens (tertiary/aromatic N) is 4. The first kappa shape index (κ1) is 22.6. The van der Waals surface area contributed by atoms with Crippen molar-refractivity contribution >= 4 is 39.8 Å². The van der Waals surface area contributed by atoms with Gasteiger partial charge in [0, 0.05) is 32.7 Å². The molecule has 0 saturated carbocycles. The van der Waals surface area contributed by atoms with E-state index < -0.39 is 0 Å². The smallest absolute Gasteiger partial charge is 0.235 e. The lowest BCUT2D eigenvalue weighted by Crippen LogP contribution is -2.50. The number of methoxy groups -OCH3 is 1. The molecule has 2 heterocycles. The predicted molar refractivity (Wildman–Crippen MR) is 130 cm³/mol. The zero-order valence-electron chi connectivity index (χ0n) is 18.2. The van der Waals surface area contributed by atoms with Crippen molar-refractivity contribution < 1.29 is 9.53 Å². The number of piperazine rings is 1.